The van der Waals surface area contributed by atoms with Crippen molar-refractivity contribution >= 4 is 17.8 Å². The summed E-state index contributed by atoms with van der Waals surface area (Å²) in [5.74, 6) is 0.494. The summed E-state index contributed by atoms with van der Waals surface area (Å²) in [6, 6.07) is 8.01. The number of carbonyl (C=O) groups is 1. The van der Waals surface area contributed by atoms with E-state index in [9.17, 15) is 4.79 Å². The Morgan fingerprint density at radius 1 is 1.41 bits per heavy atom. The average Bonchev–Trinajstić information content (AvgIpc) is 2.50. The Hall–Kier alpha value is -1.64. The van der Waals surface area contributed by atoms with Crippen LogP contribution >= 0.6 is 0 Å². The number of hydrogen-bond donors (Lipinski definition) is 0. The maximum absolute atomic E-state index is 12.0. The first kappa shape index (κ1) is 11.8. The molecule has 0 N–H and O–H groups in total. The summed E-state index contributed by atoms with van der Waals surface area (Å²) in [5, 5.41) is 0. The molecule has 1 amide bonds. The second-order valence-corrected chi connectivity index (χ2v) is 4.56. The number of anilines is 1. The molecule has 1 aliphatic rings. The Labute approximate surface area is 102 Å². The monoisotopic (exact) mass is 230 g/mol. The Morgan fingerprint density at radius 3 is 2.94 bits per heavy atom. The lowest BCUT2D eigenvalue weighted by Crippen LogP contribution is -2.35. The van der Waals surface area contributed by atoms with E-state index >= 15 is 0 Å². The Balaban J connectivity index is 2.34. The van der Waals surface area contributed by atoms with Gasteiger partial charge in [-0.05, 0) is 17.5 Å². The second-order valence-electron chi connectivity index (χ2n) is 4.56. The van der Waals surface area contributed by atoms with Gasteiger partial charge in [0.1, 0.15) is 0 Å². The van der Waals surface area contributed by atoms with Crippen molar-refractivity contribution < 1.29 is 4.79 Å². The standard InChI is InChI=1S/C14H18N2O/c1-3-11(2)10-16-13-7-5-4-6-12(13)8-15-9-14(16)17/h4-7,9,11H,3,8,10H2,1-2H3. The molecule has 90 valence electrons. The van der Waals surface area contributed by atoms with Crippen LogP contribution in [-0.2, 0) is 11.3 Å². The highest BCUT2D eigenvalue weighted by atomic mass is 16.2. The number of amides is 1. The molecule has 0 aliphatic carbocycles. The van der Waals surface area contributed by atoms with Crippen molar-refractivity contribution in [3.8, 4) is 0 Å². The topological polar surface area (TPSA) is 32.7 Å². The number of nitrogens with zero attached hydrogens (tertiary/aromatic N) is 2. The molecule has 1 heterocycles. The van der Waals surface area contributed by atoms with Gasteiger partial charge in [0.2, 0.25) is 0 Å². The van der Waals surface area contributed by atoms with E-state index in [-0.39, 0.29) is 5.91 Å². The van der Waals surface area contributed by atoms with E-state index in [1.807, 2.05) is 29.2 Å². The van der Waals surface area contributed by atoms with Gasteiger partial charge in [0, 0.05) is 12.2 Å². The first-order chi connectivity index (χ1) is 8.22. The zero-order valence-electron chi connectivity index (χ0n) is 10.4. The van der Waals surface area contributed by atoms with Crippen LogP contribution in [-0.4, -0.2) is 18.7 Å². The predicted molar refractivity (Wildman–Crippen MR) is 70.4 cm³/mol. The molecule has 1 aromatic carbocycles. The van der Waals surface area contributed by atoms with Gasteiger partial charge in [0.05, 0.1) is 12.8 Å². The van der Waals surface area contributed by atoms with Crippen LogP contribution in [0.15, 0.2) is 29.3 Å². The minimum absolute atomic E-state index is 0.00440. The smallest absolute Gasteiger partial charge is 0.268 e. The maximum atomic E-state index is 12.0. The van der Waals surface area contributed by atoms with Crippen LogP contribution in [0.2, 0.25) is 0 Å². The lowest BCUT2D eigenvalue weighted by atomic mass is 10.1. The molecular formula is C14H18N2O. The van der Waals surface area contributed by atoms with Gasteiger partial charge in [-0.2, -0.15) is 0 Å². The van der Waals surface area contributed by atoms with Crippen LogP contribution in [0.25, 0.3) is 0 Å². The number of para-hydroxylation sites is 1. The molecule has 0 radical (unpaired) electrons. The van der Waals surface area contributed by atoms with Gasteiger partial charge in [-0.3, -0.25) is 9.79 Å². The molecule has 1 unspecified atom stereocenters. The van der Waals surface area contributed by atoms with Crippen molar-refractivity contribution in [1.29, 1.82) is 0 Å². The lowest BCUT2D eigenvalue weighted by molar-refractivity contribution is -0.112. The van der Waals surface area contributed by atoms with E-state index in [1.165, 1.54) is 6.21 Å². The zero-order valence-corrected chi connectivity index (χ0v) is 10.4. The van der Waals surface area contributed by atoms with Crippen molar-refractivity contribution in [1.82, 2.24) is 0 Å². The molecule has 0 fully saturated rings. The molecule has 1 aliphatic heterocycles. The van der Waals surface area contributed by atoms with Crippen molar-refractivity contribution in [2.75, 3.05) is 11.4 Å². The zero-order chi connectivity index (χ0) is 12.3. The molecule has 0 bridgehead atoms. The molecule has 0 aromatic heterocycles. The average molecular weight is 230 g/mol. The maximum Gasteiger partial charge on any atom is 0.268 e. The fourth-order valence-corrected chi connectivity index (χ4v) is 1.95. The van der Waals surface area contributed by atoms with Gasteiger partial charge in [0.15, 0.2) is 0 Å². The number of rotatable bonds is 3. The molecule has 2 rings (SSSR count). The summed E-state index contributed by atoms with van der Waals surface area (Å²) in [7, 11) is 0. The van der Waals surface area contributed by atoms with Crippen LogP contribution in [0.4, 0.5) is 5.69 Å². The normalized spacial score (nSPS) is 16.6. The summed E-state index contributed by atoms with van der Waals surface area (Å²) in [6.45, 7) is 5.67. The number of aliphatic imine (C=N–C) groups is 1. The molecule has 0 saturated carbocycles. The summed E-state index contributed by atoms with van der Waals surface area (Å²) in [5.41, 5.74) is 2.13. The summed E-state index contributed by atoms with van der Waals surface area (Å²) in [4.78, 5) is 18.0. The fraction of sp³-hybridized carbons (Fsp3) is 0.429. The third kappa shape index (κ3) is 2.54. The minimum Gasteiger partial charge on any atom is -0.307 e. The van der Waals surface area contributed by atoms with Crippen LogP contribution in [0.3, 0.4) is 0 Å². The van der Waals surface area contributed by atoms with Gasteiger partial charge >= 0.3 is 0 Å². The number of fused-ring (bicyclic) bond motifs is 1. The molecule has 1 atom stereocenters. The van der Waals surface area contributed by atoms with Crippen LogP contribution in [0.1, 0.15) is 25.8 Å². The number of carbonyl (C=O) groups excluding carboxylic acids is 1. The summed E-state index contributed by atoms with van der Waals surface area (Å²) in [6.07, 6.45) is 2.52. The SMILES string of the molecule is CCC(C)CN1C(=O)C=NCc2ccccc21. The van der Waals surface area contributed by atoms with Crippen LogP contribution in [0, 0.1) is 5.92 Å². The molecule has 1 aromatic rings. The van der Waals surface area contributed by atoms with Crippen molar-refractivity contribution in [3.63, 3.8) is 0 Å². The van der Waals surface area contributed by atoms with Gasteiger partial charge in [0.25, 0.3) is 5.91 Å². The van der Waals surface area contributed by atoms with Gasteiger partial charge in [-0.15, -0.1) is 0 Å². The highest BCUT2D eigenvalue weighted by molar-refractivity contribution is 6.33. The van der Waals surface area contributed by atoms with Crippen LogP contribution < -0.4 is 4.90 Å². The first-order valence-electron chi connectivity index (χ1n) is 6.11. The number of hydrogen-bond acceptors (Lipinski definition) is 2. The van der Waals surface area contributed by atoms with Gasteiger partial charge < -0.3 is 4.90 Å². The Kier molecular flexibility index (Phi) is 3.57. The summed E-state index contributed by atoms with van der Waals surface area (Å²) < 4.78 is 0. The van der Waals surface area contributed by atoms with E-state index in [4.69, 9.17) is 0 Å². The van der Waals surface area contributed by atoms with E-state index in [2.05, 4.69) is 18.8 Å². The minimum atomic E-state index is -0.00440. The van der Waals surface area contributed by atoms with Crippen molar-refractivity contribution in [2.24, 2.45) is 10.9 Å². The quantitative estimate of drug-likeness (QED) is 0.785. The largest absolute Gasteiger partial charge is 0.307 e. The highest BCUT2D eigenvalue weighted by Crippen LogP contribution is 2.24. The molecular weight excluding hydrogens is 212 g/mol. The van der Waals surface area contributed by atoms with Crippen molar-refractivity contribution in [3.05, 3.63) is 29.8 Å². The molecule has 17 heavy (non-hydrogen) atoms. The third-order valence-electron chi connectivity index (χ3n) is 3.20. The first-order valence-corrected chi connectivity index (χ1v) is 6.11. The Bertz CT molecular complexity index is 440. The number of benzene rings is 1. The van der Waals surface area contributed by atoms with E-state index in [0.29, 0.717) is 12.5 Å². The van der Waals surface area contributed by atoms with Crippen molar-refractivity contribution in [2.45, 2.75) is 26.8 Å². The van der Waals surface area contributed by atoms with Crippen LogP contribution in [0.5, 0.6) is 0 Å². The summed E-state index contributed by atoms with van der Waals surface area (Å²) >= 11 is 0. The second kappa shape index (κ2) is 5.13. The predicted octanol–water partition coefficient (Wildman–Crippen LogP) is 2.65. The molecule has 3 nitrogen and oxygen atoms in total. The molecule has 0 spiro atoms. The third-order valence-corrected chi connectivity index (χ3v) is 3.20. The molecule has 3 heteroatoms. The van der Waals surface area contributed by atoms with Gasteiger partial charge in [-0.1, -0.05) is 38.5 Å². The molecule has 0 saturated heterocycles. The fourth-order valence-electron chi connectivity index (χ4n) is 1.95. The Morgan fingerprint density at radius 2 is 2.18 bits per heavy atom. The van der Waals surface area contributed by atoms with E-state index < -0.39 is 0 Å². The van der Waals surface area contributed by atoms with E-state index in [1.54, 1.807) is 0 Å². The van der Waals surface area contributed by atoms with E-state index in [0.717, 1.165) is 24.2 Å². The lowest BCUT2D eigenvalue weighted by Gasteiger charge is -2.24. The highest BCUT2D eigenvalue weighted by Gasteiger charge is 2.20. The van der Waals surface area contributed by atoms with Gasteiger partial charge in [-0.25, -0.2) is 0 Å².